The lowest BCUT2D eigenvalue weighted by atomic mass is 9.95. The lowest BCUT2D eigenvalue weighted by Crippen LogP contribution is -1.99. The van der Waals surface area contributed by atoms with Crippen molar-refractivity contribution in [1.82, 2.24) is 9.97 Å². The molecule has 0 bridgehead atoms. The molecule has 1 aliphatic rings. The molecule has 0 aliphatic carbocycles. The van der Waals surface area contributed by atoms with Crippen LogP contribution in [-0.2, 0) is 19.3 Å². The summed E-state index contributed by atoms with van der Waals surface area (Å²) in [5.74, 6) is 0.447. The van der Waals surface area contributed by atoms with Gasteiger partial charge >= 0.3 is 0 Å². The number of hydrogen-bond donors (Lipinski definition) is 0. The van der Waals surface area contributed by atoms with Crippen molar-refractivity contribution in [2.24, 2.45) is 10.9 Å². The standard InChI is InChI=1S/C45H47N3/c1(7-18-37-28-30-44(47-34-37)39-21-12-5-13-22-39)2-9-25-41-33-45(40-23-14-6-15-24-40)48-35-42(41)26-16-3-8-17-36-27-29-43(46-32-31-36)38-19-10-4-11-20-38/h4-6,10-15,19-24,27-36H,1-3,7-9,16-18,25-26H2. The fourth-order valence-electron chi connectivity index (χ4n) is 6.50. The van der Waals surface area contributed by atoms with Crippen LogP contribution in [0, 0.1) is 5.92 Å². The molecule has 1 unspecified atom stereocenters. The first-order chi connectivity index (χ1) is 23.8. The summed E-state index contributed by atoms with van der Waals surface area (Å²) in [6.07, 6.45) is 26.0. The third-order valence-electron chi connectivity index (χ3n) is 9.31. The Morgan fingerprint density at radius 2 is 1.08 bits per heavy atom. The molecule has 0 amide bonds. The first-order valence-corrected chi connectivity index (χ1v) is 17.8. The Balaban J connectivity index is 0.958. The summed E-state index contributed by atoms with van der Waals surface area (Å²) in [6, 6.07) is 38.2. The van der Waals surface area contributed by atoms with Gasteiger partial charge in [0.05, 0.1) is 17.1 Å². The molecule has 1 atom stereocenters. The molecule has 1 aliphatic heterocycles. The van der Waals surface area contributed by atoms with Gasteiger partial charge in [0.1, 0.15) is 0 Å². The monoisotopic (exact) mass is 629 g/mol. The van der Waals surface area contributed by atoms with Crippen molar-refractivity contribution in [1.29, 1.82) is 0 Å². The minimum atomic E-state index is 0.447. The van der Waals surface area contributed by atoms with E-state index in [4.69, 9.17) is 9.97 Å². The molecule has 3 heterocycles. The van der Waals surface area contributed by atoms with Gasteiger partial charge in [0.2, 0.25) is 0 Å². The molecule has 48 heavy (non-hydrogen) atoms. The molecule has 242 valence electrons. The summed E-state index contributed by atoms with van der Waals surface area (Å²) in [4.78, 5) is 14.3. The summed E-state index contributed by atoms with van der Waals surface area (Å²) < 4.78 is 0. The fraction of sp³-hybridized carbons (Fsp3) is 0.267. The number of allylic oxidation sites excluding steroid dienone is 3. The Labute approximate surface area is 287 Å². The van der Waals surface area contributed by atoms with Crippen molar-refractivity contribution in [3.05, 3.63) is 168 Å². The number of aliphatic imine (C=N–C) groups is 1. The van der Waals surface area contributed by atoms with E-state index in [0.29, 0.717) is 5.92 Å². The van der Waals surface area contributed by atoms with Gasteiger partial charge in [0, 0.05) is 35.3 Å². The number of unbranched alkanes of at least 4 members (excludes halogenated alkanes) is 5. The third-order valence-corrected chi connectivity index (χ3v) is 9.31. The average molecular weight is 630 g/mol. The van der Waals surface area contributed by atoms with Crippen molar-refractivity contribution >= 4 is 5.71 Å². The van der Waals surface area contributed by atoms with Crippen molar-refractivity contribution in [3.8, 4) is 22.5 Å². The highest BCUT2D eigenvalue weighted by Crippen LogP contribution is 2.24. The molecule has 0 N–H and O–H groups in total. The van der Waals surface area contributed by atoms with Gasteiger partial charge in [-0.3, -0.25) is 15.0 Å². The average Bonchev–Trinajstić information content (AvgIpc) is 3.40. The zero-order valence-corrected chi connectivity index (χ0v) is 28.1. The van der Waals surface area contributed by atoms with Crippen molar-refractivity contribution in [2.45, 2.75) is 70.6 Å². The quantitative estimate of drug-likeness (QED) is 0.102. The first kappa shape index (κ1) is 33.0. The Hall–Kier alpha value is -4.89. The van der Waals surface area contributed by atoms with E-state index < -0.39 is 0 Å². The second-order valence-electron chi connectivity index (χ2n) is 12.9. The van der Waals surface area contributed by atoms with E-state index in [0.717, 1.165) is 42.8 Å². The zero-order chi connectivity index (χ0) is 32.6. The largest absolute Gasteiger partial charge is 0.257 e. The molecule has 3 nitrogen and oxygen atoms in total. The number of hydrogen-bond acceptors (Lipinski definition) is 3. The Kier molecular flexibility index (Phi) is 12.3. The second-order valence-corrected chi connectivity index (χ2v) is 12.9. The van der Waals surface area contributed by atoms with E-state index in [1.807, 2.05) is 18.3 Å². The van der Waals surface area contributed by atoms with E-state index >= 15 is 0 Å². The van der Waals surface area contributed by atoms with Gasteiger partial charge in [-0.05, 0) is 85.8 Å². The summed E-state index contributed by atoms with van der Waals surface area (Å²) in [5, 5.41) is 0. The van der Waals surface area contributed by atoms with Crippen LogP contribution in [0.15, 0.2) is 151 Å². The summed E-state index contributed by atoms with van der Waals surface area (Å²) in [6.45, 7) is 0. The third kappa shape index (κ3) is 9.81. The summed E-state index contributed by atoms with van der Waals surface area (Å²) in [5.41, 5.74) is 10.9. The van der Waals surface area contributed by atoms with Gasteiger partial charge in [-0.25, -0.2) is 0 Å². The maximum absolute atomic E-state index is 4.90. The van der Waals surface area contributed by atoms with Crippen LogP contribution in [0.4, 0.5) is 0 Å². The van der Waals surface area contributed by atoms with Gasteiger partial charge < -0.3 is 0 Å². The first-order valence-electron chi connectivity index (χ1n) is 17.8. The highest BCUT2D eigenvalue weighted by atomic mass is 14.7. The van der Waals surface area contributed by atoms with Crippen LogP contribution >= 0.6 is 0 Å². The normalized spacial score (nSPS) is 14.1. The van der Waals surface area contributed by atoms with Gasteiger partial charge in [0.15, 0.2) is 0 Å². The van der Waals surface area contributed by atoms with Crippen LogP contribution in [0.1, 0.15) is 73.6 Å². The van der Waals surface area contributed by atoms with E-state index in [-0.39, 0.29) is 0 Å². The molecule has 0 saturated heterocycles. The molecule has 0 saturated carbocycles. The molecule has 0 fully saturated rings. The zero-order valence-electron chi connectivity index (χ0n) is 28.1. The number of nitrogens with zero attached hydrogens (tertiary/aromatic N) is 3. The number of benzene rings is 3. The van der Waals surface area contributed by atoms with Gasteiger partial charge in [-0.1, -0.05) is 135 Å². The van der Waals surface area contributed by atoms with Crippen LogP contribution in [0.2, 0.25) is 0 Å². The van der Waals surface area contributed by atoms with Crippen molar-refractivity contribution < 1.29 is 0 Å². The lowest BCUT2D eigenvalue weighted by Gasteiger charge is -2.12. The lowest BCUT2D eigenvalue weighted by molar-refractivity contribution is 0.592. The van der Waals surface area contributed by atoms with Gasteiger partial charge in [0.25, 0.3) is 0 Å². The summed E-state index contributed by atoms with van der Waals surface area (Å²) >= 11 is 0. The molecular formula is C45H47N3. The summed E-state index contributed by atoms with van der Waals surface area (Å²) in [7, 11) is 0. The molecule has 0 radical (unpaired) electrons. The maximum Gasteiger partial charge on any atom is 0.0704 e. The van der Waals surface area contributed by atoms with Crippen molar-refractivity contribution in [2.75, 3.05) is 0 Å². The van der Waals surface area contributed by atoms with E-state index in [2.05, 4.69) is 133 Å². The van der Waals surface area contributed by atoms with Crippen LogP contribution in [0.3, 0.4) is 0 Å². The molecule has 5 aromatic rings. The van der Waals surface area contributed by atoms with Gasteiger partial charge in [-0.15, -0.1) is 0 Å². The van der Waals surface area contributed by atoms with Crippen molar-refractivity contribution in [3.63, 3.8) is 0 Å². The molecule has 0 spiro atoms. The number of rotatable bonds is 16. The Bertz CT molecular complexity index is 1770. The molecule has 3 heteroatoms. The van der Waals surface area contributed by atoms with Gasteiger partial charge in [-0.2, -0.15) is 0 Å². The molecular weight excluding hydrogens is 583 g/mol. The number of aromatic nitrogens is 2. The second kappa shape index (κ2) is 17.9. The maximum atomic E-state index is 4.90. The van der Waals surface area contributed by atoms with Crippen LogP contribution < -0.4 is 0 Å². The predicted octanol–water partition coefficient (Wildman–Crippen LogP) is 11.4. The molecule has 3 aromatic carbocycles. The highest BCUT2D eigenvalue weighted by molar-refractivity contribution is 6.09. The molecule has 2 aromatic heterocycles. The van der Waals surface area contributed by atoms with E-state index in [1.54, 1.807) is 0 Å². The predicted molar refractivity (Wildman–Crippen MR) is 202 cm³/mol. The number of aryl methyl sites for hydroxylation is 3. The van der Waals surface area contributed by atoms with E-state index in [1.165, 1.54) is 78.3 Å². The topological polar surface area (TPSA) is 38.1 Å². The molecule has 6 rings (SSSR count). The minimum Gasteiger partial charge on any atom is -0.257 e. The van der Waals surface area contributed by atoms with Crippen LogP contribution in [0.5, 0.6) is 0 Å². The highest BCUT2D eigenvalue weighted by Gasteiger charge is 2.10. The van der Waals surface area contributed by atoms with Crippen LogP contribution in [-0.4, -0.2) is 15.7 Å². The fourth-order valence-corrected chi connectivity index (χ4v) is 6.50. The van der Waals surface area contributed by atoms with E-state index in [9.17, 15) is 0 Å². The Morgan fingerprint density at radius 1 is 0.479 bits per heavy atom. The Morgan fingerprint density at radius 3 is 1.77 bits per heavy atom. The SMILES string of the molecule is C1=CC(CCCCCc2cnc(-c3ccccc3)cc2CCCCCCc2ccc(-c3ccccc3)nc2)C=CC(c2ccccc2)=N1. The van der Waals surface area contributed by atoms with Crippen LogP contribution in [0.25, 0.3) is 22.5 Å². The minimum absolute atomic E-state index is 0.447. The smallest absolute Gasteiger partial charge is 0.0704 e. The number of pyridine rings is 2.